The molecule has 2 aromatic carbocycles. The Balaban J connectivity index is 1.47. The maximum absolute atomic E-state index is 13.0. The van der Waals surface area contributed by atoms with Crippen molar-refractivity contribution in [3.05, 3.63) is 64.3 Å². The van der Waals surface area contributed by atoms with Gasteiger partial charge in [-0.25, -0.2) is 0 Å². The number of nitrogens with one attached hydrogen (secondary N) is 3. The summed E-state index contributed by atoms with van der Waals surface area (Å²) >= 11 is 0. The molecule has 0 saturated carbocycles. The molecule has 5 heteroatoms. The highest BCUT2D eigenvalue weighted by atomic mass is 16.1. The maximum Gasteiger partial charge on any atom is 0.255 e. The minimum atomic E-state index is -0.0389. The van der Waals surface area contributed by atoms with Crippen LogP contribution in [0.3, 0.4) is 0 Å². The van der Waals surface area contributed by atoms with Crippen LogP contribution in [0.1, 0.15) is 32.7 Å². The summed E-state index contributed by atoms with van der Waals surface area (Å²) in [5, 5.41) is 7.70. The largest absolute Gasteiger partial charge is 0.358 e. The minimum absolute atomic E-state index is 0.0389. The Bertz CT molecular complexity index is 1040. The molecule has 0 radical (unpaired) electrons. The third-order valence-corrected chi connectivity index (χ3v) is 5.82. The van der Waals surface area contributed by atoms with Gasteiger partial charge in [-0.2, -0.15) is 0 Å². The van der Waals surface area contributed by atoms with Crippen molar-refractivity contribution in [2.75, 3.05) is 25.5 Å². The van der Waals surface area contributed by atoms with Gasteiger partial charge in [-0.3, -0.25) is 4.79 Å². The zero-order valence-corrected chi connectivity index (χ0v) is 15.6. The van der Waals surface area contributed by atoms with E-state index in [0.29, 0.717) is 5.56 Å². The molecule has 2 aliphatic heterocycles. The van der Waals surface area contributed by atoms with E-state index < -0.39 is 0 Å². The van der Waals surface area contributed by atoms with Crippen LogP contribution in [0.25, 0.3) is 10.9 Å². The van der Waals surface area contributed by atoms with Gasteiger partial charge in [-0.1, -0.05) is 12.1 Å². The van der Waals surface area contributed by atoms with E-state index in [0.717, 1.165) is 50.2 Å². The third kappa shape index (κ3) is 2.93. The van der Waals surface area contributed by atoms with Crippen LogP contribution < -0.4 is 10.6 Å². The van der Waals surface area contributed by atoms with E-state index in [1.807, 2.05) is 30.3 Å². The van der Waals surface area contributed by atoms with E-state index in [1.54, 1.807) is 0 Å². The molecule has 3 heterocycles. The standard InChI is InChI=1S/C22H24N4O/c1-26-10-8-21-18(13-26)17-11-14(5-6-20(17)24-21)22(27)25-19-4-2-3-15-12-23-9-7-16(15)19/h2-6,11,23-24H,7-10,12-13H2,1H3,(H,25,27). The number of benzene rings is 2. The molecule has 5 nitrogen and oxygen atoms in total. The van der Waals surface area contributed by atoms with Crippen LogP contribution in [0, 0.1) is 0 Å². The molecule has 1 amide bonds. The Morgan fingerprint density at radius 1 is 1.15 bits per heavy atom. The lowest BCUT2D eigenvalue weighted by molar-refractivity contribution is 0.102. The molecule has 2 aliphatic rings. The van der Waals surface area contributed by atoms with Gasteiger partial charge < -0.3 is 20.5 Å². The number of anilines is 1. The maximum atomic E-state index is 13.0. The molecule has 0 unspecified atom stereocenters. The number of hydrogen-bond acceptors (Lipinski definition) is 3. The van der Waals surface area contributed by atoms with E-state index in [4.69, 9.17) is 0 Å². The number of amides is 1. The van der Waals surface area contributed by atoms with Crippen LogP contribution >= 0.6 is 0 Å². The van der Waals surface area contributed by atoms with Crippen molar-refractivity contribution < 1.29 is 4.79 Å². The summed E-state index contributed by atoms with van der Waals surface area (Å²) in [5.41, 5.74) is 7.94. The predicted molar refractivity (Wildman–Crippen MR) is 108 cm³/mol. The number of aromatic nitrogens is 1. The highest BCUT2D eigenvalue weighted by Crippen LogP contribution is 2.29. The Labute approximate surface area is 158 Å². The second-order valence-electron chi connectivity index (χ2n) is 7.65. The number of hydrogen-bond donors (Lipinski definition) is 3. The molecular weight excluding hydrogens is 336 g/mol. The topological polar surface area (TPSA) is 60.2 Å². The highest BCUT2D eigenvalue weighted by Gasteiger charge is 2.20. The summed E-state index contributed by atoms with van der Waals surface area (Å²) in [6.45, 7) is 3.82. The van der Waals surface area contributed by atoms with Crippen molar-refractivity contribution in [2.24, 2.45) is 0 Å². The molecule has 0 bridgehead atoms. The first-order chi connectivity index (χ1) is 13.2. The van der Waals surface area contributed by atoms with E-state index in [2.05, 4.69) is 33.6 Å². The van der Waals surface area contributed by atoms with E-state index >= 15 is 0 Å². The molecule has 0 aliphatic carbocycles. The Hall–Kier alpha value is -2.63. The van der Waals surface area contributed by atoms with Crippen molar-refractivity contribution in [1.29, 1.82) is 0 Å². The zero-order chi connectivity index (χ0) is 18.4. The number of aromatic amines is 1. The van der Waals surface area contributed by atoms with Crippen LogP contribution in [0.2, 0.25) is 0 Å². The summed E-state index contributed by atoms with van der Waals surface area (Å²) in [5.74, 6) is -0.0389. The lowest BCUT2D eigenvalue weighted by Gasteiger charge is -2.22. The highest BCUT2D eigenvalue weighted by molar-refractivity contribution is 6.07. The van der Waals surface area contributed by atoms with Crippen molar-refractivity contribution in [1.82, 2.24) is 15.2 Å². The molecule has 3 N–H and O–H groups in total. The molecule has 0 saturated heterocycles. The summed E-state index contributed by atoms with van der Waals surface area (Å²) in [6, 6.07) is 12.1. The van der Waals surface area contributed by atoms with Gasteiger partial charge in [0.05, 0.1) is 0 Å². The van der Waals surface area contributed by atoms with Gasteiger partial charge in [0.15, 0.2) is 0 Å². The molecule has 0 fully saturated rings. The molecule has 138 valence electrons. The molecule has 27 heavy (non-hydrogen) atoms. The number of fused-ring (bicyclic) bond motifs is 4. The van der Waals surface area contributed by atoms with Crippen molar-refractivity contribution in [2.45, 2.75) is 25.9 Å². The third-order valence-electron chi connectivity index (χ3n) is 5.82. The molecule has 0 spiro atoms. The smallest absolute Gasteiger partial charge is 0.255 e. The van der Waals surface area contributed by atoms with Gasteiger partial charge in [0, 0.05) is 53.9 Å². The van der Waals surface area contributed by atoms with Gasteiger partial charge in [-0.15, -0.1) is 0 Å². The Kier molecular flexibility index (Phi) is 3.99. The molecule has 3 aromatic rings. The number of likely N-dealkylation sites (N-methyl/N-ethyl adjacent to an activating group) is 1. The summed E-state index contributed by atoms with van der Waals surface area (Å²) in [7, 11) is 2.14. The van der Waals surface area contributed by atoms with Crippen LogP contribution in [-0.4, -0.2) is 35.9 Å². The van der Waals surface area contributed by atoms with Gasteiger partial charge in [-0.05, 0) is 61.0 Å². The average Bonchev–Trinajstić information content (AvgIpc) is 3.05. The van der Waals surface area contributed by atoms with Crippen molar-refractivity contribution in [3.63, 3.8) is 0 Å². The van der Waals surface area contributed by atoms with Crippen LogP contribution in [0.4, 0.5) is 5.69 Å². The van der Waals surface area contributed by atoms with Crippen LogP contribution in [0.5, 0.6) is 0 Å². The monoisotopic (exact) mass is 360 g/mol. The van der Waals surface area contributed by atoms with Crippen molar-refractivity contribution >= 4 is 22.5 Å². The number of nitrogens with zero attached hydrogens (tertiary/aromatic N) is 1. The Morgan fingerprint density at radius 3 is 3.00 bits per heavy atom. The number of carbonyl (C=O) groups excluding carboxylic acids is 1. The fourth-order valence-corrected chi connectivity index (χ4v) is 4.33. The van der Waals surface area contributed by atoms with Gasteiger partial charge in [0.25, 0.3) is 5.91 Å². The quantitative estimate of drug-likeness (QED) is 0.658. The van der Waals surface area contributed by atoms with E-state index in [-0.39, 0.29) is 5.91 Å². The first kappa shape index (κ1) is 16.5. The summed E-state index contributed by atoms with van der Waals surface area (Å²) in [4.78, 5) is 18.8. The van der Waals surface area contributed by atoms with Crippen LogP contribution in [0.15, 0.2) is 36.4 Å². The lowest BCUT2D eigenvalue weighted by Crippen LogP contribution is -2.26. The molecular formula is C22H24N4O. The summed E-state index contributed by atoms with van der Waals surface area (Å²) < 4.78 is 0. The fourth-order valence-electron chi connectivity index (χ4n) is 4.33. The minimum Gasteiger partial charge on any atom is -0.358 e. The number of H-pyrrole nitrogens is 1. The second kappa shape index (κ2) is 6.51. The predicted octanol–water partition coefficient (Wildman–Crippen LogP) is 3.05. The normalized spacial score (nSPS) is 16.8. The molecule has 0 atom stereocenters. The Morgan fingerprint density at radius 2 is 2.07 bits per heavy atom. The van der Waals surface area contributed by atoms with E-state index in [1.165, 1.54) is 27.8 Å². The molecule has 5 rings (SSSR count). The van der Waals surface area contributed by atoms with Gasteiger partial charge >= 0.3 is 0 Å². The zero-order valence-electron chi connectivity index (χ0n) is 15.6. The summed E-state index contributed by atoms with van der Waals surface area (Å²) in [6.07, 6.45) is 1.98. The van der Waals surface area contributed by atoms with Crippen LogP contribution in [-0.2, 0) is 25.9 Å². The average molecular weight is 360 g/mol. The van der Waals surface area contributed by atoms with E-state index in [9.17, 15) is 4.79 Å². The number of rotatable bonds is 2. The SMILES string of the molecule is CN1CCc2[nH]c3ccc(C(=O)Nc4cccc5c4CCNC5)cc3c2C1. The fraction of sp³-hybridized carbons (Fsp3) is 0.318. The lowest BCUT2D eigenvalue weighted by atomic mass is 9.98. The molecule has 1 aromatic heterocycles. The first-order valence-corrected chi connectivity index (χ1v) is 9.64. The van der Waals surface area contributed by atoms with Gasteiger partial charge in [0.1, 0.15) is 0 Å². The van der Waals surface area contributed by atoms with Gasteiger partial charge in [0.2, 0.25) is 0 Å². The number of carbonyl (C=O) groups is 1. The first-order valence-electron chi connectivity index (χ1n) is 9.64. The second-order valence-corrected chi connectivity index (χ2v) is 7.65. The van der Waals surface area contributed by atoms with Crippen molar-refractivity contribution in [3.8, 4) is 0 Å².